The van der Waals surface area contributed by atoms with Crippen molar-refractivity contribution in [2.75, 3.05) is 152 Å². The molecule has 6 N–H and O–H groups in total. The monoisotopic (exact) mass is 579 g/mol. The fraction of sp³-hybridized carbons (Fsp3) is 1.00. The summed E-state index contributed by atoms with van der Waals surface area (Å²) in [5.74, 6) is 0. The maximum atomic E-state index is 8.72. The van der Waals surface area contributed by atoms with Crippen LogP contribution in [-0.4, -0.2) is 179 Å². The lowest BCUT2D eigenvalue weighted by molar-refractivity contribution is -0.0213. The molecule has 15 nitrogen and oxygen atoms in total. The van der Waals surface area contributed by atoms with Crippen LogP contribution < -0.4 is 5.73 Å². The van der Waals surface area contributed by atoms with Crippen LogP contribution in [0.5, 0.6) is 0 Å². The van der Waals surface area contributed by atoms with Crippen LogP contribution in [0.15, 0.2) is 0 Å². The highest BCUT2D eigenvalue weighted by atomic mass is 16.6. The molecule has 0 rings (SSSR count). The maximum absolute atomic E-state index is 8.72. The Labute approximate surface area is 232 Å². The summed E-state index contributed by atoms with van der Waals surface area (Å²) in [4.78, 5) is 0. The van der Waals surface area contributed by atoms with Gasteiger partial charge in [-0.05, 0) is 0 Å². The van der Waals surface area contributed by atoms with Crippen LogP contribution in [0.2, 0.25) is 0 Å². The third-order valence-electron chi connectivity index (χ3n) is 3.97. The molecule has 238 valence electrons. The van der Waals surface area contributed by atoms with E-state index in [1.165, 1.54) is 0 Å². The molecular weight excluding hydrogens is 526 g/mol. The normalized spacial score (nSPS) is 11.9. The van der Waals surface area contributed by atoms with E-state index in [9.17, 15) is 0 Å². The lowest BCUT2D eigenvalue weighted by Crippen LogP contribution is -2.26. The molecule has 15 heteroatoms. The van der Waals surface area contributed by atoms with Gasteiger partial charge in [-0.3, -0.25) is 0 Å². The van der Waals surface area contributed by atoms with Gasteiger partial charge in [-0.2, -0.15) is 0 Å². The van der Waals surface area contributed by atoms with Crippen LogP contribution in [0.3, 0.4) is 0 Å². The molecule has 0 aromatic carbocycles. The smallest absolute Gasteiger partial charge is 0.126 e. The van der Waals surface area contributed by atoms with Crippen molar-refractivity contribution in [1.29, 1.82) is 0 Å². The number of hydrogen-bond donors (Lipinski definition) is 5. The highest BCUT2D eigenvalue weighted by Crippen LogP contribution is 1.85. The van der Waals surface area contributed by atoms with Gasteiger partial charge in [0.25, 0.3) is 0 Å². The number of hydrogen-bond acceptors (Lipinski definition) is 15. The second kappa shape index (κ2) is 39.5. The number of nitrogens with two attached hydrogens (primary N) is 1. The first-order valence-electron chi connectivity index (χ1n) is 13.2. The zero-order valence-electron chi connectivity index (χ0n) is 23.3. The molecule has 1 unspecified atom stereocenters. The van der Waals surface area contributed by atoms with Gasteiger partial charge in [0.15, 0.2) is 0 Å². The molecule has 0 aliphatic heterocycles. The Hall–Kier alpha value is -0.600. The molecule has 0 heterocycles. The SMILES string of the molecule is NC(O)COCCOCCOCCOCCOCCO.OCCOCCOCCOCCOCCOCCO. The first-order valence-corrected chi connectivity index (χ1v) is 13.2. The first-order chi connectivity index (χ1) is 19.2. The first kappa shape index (κ1) is 40.5. The Balaban J connectivity index is 0. The standard InChI is InChI=1S/C12H27NO7.C12H26O7/c13-12(15)11-20-10-9-19-8-7-18-6-5-17-4-3-16-2-1-14;13-1-3-15-5-7-17-9-11-19-12-10-18-8-6-16-4-2-14/h12,14-15H,1-11,13H2;13-14H,1-12H2. The van der Waals surface area contributed by atoms with E-state index in [2.05, 4.69) is 0 Å². The minimum atomic E-state index is -0.938. The Morgan fingerprint density at radius 2 is 0.513 bits per heavy atom. The van der Waals surface area contributed by atoms with Gasteiger partial charge in [-0.25, -0.2) is 0 Å². The van der Waals surface area contributed by atoms with Crippen molar-refractivity contribution in [3.63, 3.8) is 0 Å². The Morgan fingerprint density at radius 3 is 0.692 bits per heavy atom. The van der Waals surface area contributed by atoms with Gasteiger partial charge >= 0.3 is 0 Å². The molecule has 0 amide bonds. The van der Waals surface area contributed by atoms with Gasteiger partial charge in [-0.15, -0.1) is 0 Å². The summed E-state index contributed by atoms with van der Waals surface area (Å²) in [6, 6.07) is 0. The highest BCUT2D eigenvalue weighted by Gasteiger charge is 1.96. The van der Waals surface area contributed by atoms with Crippen molar-refractivity contribution in [3.8, 4) is 0 Å². The third-order valence-corrected chi connectivity index (χ3v) is 3.97. The van der Waals surface area contributed by atoms with Gasteiger partial charge in [0.1, 0.15) is 6.23 Å². The number of aliphatic hydroxyl groups excluding tert-OH is 4. The van der Waals surface area contributed by atoms with E-state index in [0.717, 1.165) is 0 Å². The Kier molecular flexibility index (Phi) is 41.1. The quantitative estimate of drug-likeness (QED) is 0.0410. The van der Waals surface area contributed by atoms with Crippen LogP contribution in [-0.2, 0) is 47.4 Å². The molecular formula is C24H53NO14. The molecule has 0 bridgehead atoms. The lowest BCUT2D eigenvalue weighted by atomic mass is 10.6. The summed E-state index contributed by atoms with van der Waals surface area (Å²) in [7, 11) is 0. The molecule has 0 spiro atoms. The van der Waals surface area contributed by atoms with E-state index in [0.29, 0.717) is 126 Å². The third kappa shape index (κ3) is 44.6. The van der Waals surface area contributed by atoms with E-state index >= 15 is 0 Å². The Bertz CT molecular complexity index is 397. The maximum Gasteiger partial charge on any atom is 0.126 e. The summed E-state index contributed by atoms with van der Waals surface area (Å²) < 4.78 is 51.6. The van der Waals surface area contributed by atoms with Crippen LogP contribution in [0.25, 0.3) is 0 Å². The summed E-state index contributed by atoms with van der Waals surface area (Å²) in [5.41, 5.74) is 5.09. The molecule has 39 heavy (non-hydrogen) atoms. The number of rotatable bonds is 32. The summed E-state index contributed by atoms with van der Waals surface area (Å²) in [5, 5.41) is 34.1. The van der Waals surface area contributed by atoms with Gasteiger partial charge < -0.3 is 73.5 Å². The largest absolute Gasteiger partial charge is 0.394 e. The second-order valence-corrected chi connectivity index (χ2v) is 7.32. The zero-order valence-corrected chi connectivity index (χ0v) is 23.3. The molecule has 0 aliphatic carbocycles. The minimum absolute atomic E-state index is 0.0287. The van der Waals surface area contributed by atoms with Crippen molar-refractivity contribution in [3.05, 3.63) is 0 Å². The average Bonchev–Trinajstić information content (AvgIpc) is 2.93. The molecule has 0 aromatic heterocycles. The van der Waals surface area contributed by atoms with Gasteiger partial charge in [0.05, 0.1) is 152 Å². The van der Waals surface area contributed by atoms with E-state index in [4.69, 9.17) is 73.5 Å². The van der Waals surface area contributed by atoms with Gasteiger partial charge in [0.2, 0.25) is 0 Å². The van der Waals surface area contributed by atoms with E-state index in [-0.39, 0.29) is 26.4 Å². The number of ether oxygens (including phenoxy) is 10. The molecule has 0 aromatic rings. The molecule has 1 atom stereocenters. The topological polar surface area (TPSA) is 199 Å². The van der Waals surface area contributed by atoms with Crippen molar-refractivity contribution in [2.24, 2.45) is 5.73 Å². The zero-order chi connectivity index (χ0) is 28.9. The van der Waals surface area contributed by atoms with E-state index < -0.39 is 6.23 Å². The average molecular weight is 580 g/mol. The van der Waals surface area contributed by atoms with E-state index in [1.807, 2.05) is 0 Å². The minimum Gasteiger partial charge on any atom is -0.394 e. The predicted octanol–water partition coefficient (Wildman–Crippen LogP) is -2.61. The summed E-state index contributed by atoms with van der Waals surface area (Å²) in [6.45, 7) is 9.05. The van der Waals surface area contributed by atoms with Crippen molar-refractivity contribution in [1.82, 2.24) is 0 Å². The van der Waals surface area contributed by atoms with Crippen LogP contribution >= 0.6 is 0 Å². The molecule has 0 saturated carbocycles. The molecule has 0 radical (unpaired) electrons. The summed E-state index contributed by atoms with van der Waals surface area (Å²) in [6.07, 6.45) is -0.938. The van der Waals surface area contributed by atoms with Crippen LogP contribution in [0.1, 0.15) is 0 Å². The molecule has 0 fully saturated rings. The van der Waals surface area contributed by atoms with Gasteiger partial charge in [-0.1, -0.05) is 0 Å². The lowest BCUT2D eigenvalue weighted by Gasteiger charge is -2.08. The molecule has 0 aliphatic rings. The van der Waals surface area contributed by atoms with Crippen LogP contribution in [0, 0.1) is 0 Å². The van der Waals surface area contributed by atoms with Crippen LogP contribution in [0.4, 0.5) is 0 Å². The van der Waals surface area contributed by atoms with Crippen molar-refractivity contribution in [2.45, 2.75) is 6.23 Å². The summed E-state index contributed by atoms with van der Waals surface area (Å²) >= 11 is 0. The molecule has 0 saturated heterocycles. The highest BCUT2D eigenvalue weighted by molar-refractivity contribution is 4.40. The number of aliphatic hydroxyl groups is 4. The van der Waals surface area contributed by atoms with Gasteiger partial charge in [0, 0.05) is 0 Å². The van der Waals surface area contributed by atoms with E-state index in [1.54, 1.807) is 0 Å². The predicted molar refractivity (Wildman–Crippen MR) is 140 cm³/mol. The Morgan fingerprint density at radius 1 is 0.333 bits per heavy atom. The fourth-order valence-corrected chi connectivity index (χ4v) is 2.26. The fourth-order valence-electron chi connectivity index (χ4n) is 2.26. The second-order valence-electron chi connectivity index (χ2n) is 7.32. The van der Waals surface area contributed by atoms with Crippen molar-refractivity contribution >= 4 is 0 Å². The van der Waals surface area contributed by atoms with Crippen molar-refractivity contribution < 1.29 is 67.8 Å².